The monoisotopic (exact) mass is 521 g/mol. The number of carbonyl (C=O) groups is 2. The number of carbonyl (C=O) groups excluding carboxylic acids is 2. The number of fused-ring (bicyclic) bond motifs is 2. The zero-order valence-electron chi connectivity index (χ0n) is 21.7. The van der Waals surface area contributed by atoms with E-state index in [9.17, 15) is 9.59 Å². The van der Waals surface area contributed by atoms with Crippen LogP contribution in [0.3, 0.4) is 0 Å². The fourth-order valence-corrected chi connectivity index (χ4v) is 6.39. The van der Waals surface area contributed by atoms with Crippen LogP contribution in [0.4, 0.5) is 4.79 Å². The highest BCUT2D eigenvalue weighted by Gasteiger charge is 2.44. The van der Waals surface area contributed by atoms with E-state index in [1.54, 1.807) is 0 Å². The van der Waals surface area contributed by atoms with Gasteiger partial charge in [-0.3, -0.25) is 4.79 Å². The predicted molar refractivity (Wildman–Crippen MR) is 136 cm³/mol. The van der Waals surface area contributed by atoms with Gasteiger partial charge >= 0.3 is 6.03 Å². The number of ether oxygens (including phenoxy) is 2. The standard InChI is InChI=1S/C27H35N7O4/c35-26(19-9-23(18-1-2-18)28-25(10-19)38-16-17-4-7-37-8-5-17)33-11-20-13-34(14-21(20)12-33)27(36)32-6-3-22-24(15-32)30-31-29-22/h9-10,17-18,20-21H,1-8,11-16H2,(H,29,30,31)/t20-,21?/m1/s1. The topological polar surface area (TPSA) is 117 Å². The molecule has 0 aromatic carbocycles. The van der Waals surface area contributed by atoms with Gasteiger partial charge in [0.05, 0.1) is 18.8 Å². The van der Waals surface area contributed by atoms with Crippen molar-refractivity contribution in [2.75, 3.05) is 52.5 Å². The van der Waals surface area contributed by atoms with Crippen molar-refractivity contribution >= 4 is 11.9 Å². The molecule has 5 aliphatic rings. The molecule has 3 amide bonds. The molecule has 6 heterocycles. The molecule has 2 atom stereocenters. The smallest absolute Gasteiger partial charge is 0.320 e. The van der Waals surface area contributed by atoms with E-state index in [1.807, 2.05) is 26.8 Å². The summed E-state index contributed by atoms with van der Waals surface area (Å²) >= 11 is 0. The fourth-order valence-electron chi connectivity index (χ4n) is 6.39. The molecule has 11 heteroatoms. The summed E-state index contributed by atoms with van der Waals surface area (Å²) in [5, 5.41) is 11.0. The lowest BCUT2D eigenvalue weighted by Crippen LogP contribution is -2.45. The summed E-state index contributed by atoms with van der Waals surface area (Å²) in [4.78, 5) is 37.4. The van der Waals surface area contributed by atoms with Crippen LogP contribution >= 0.6 is 0 Å². The van der Waals surface area contributed by atoms with Crippen LogP contribution in [0.25, 0.3) is 0 Å². The Labute approximate surface area is 221 Å². The highest BCUT2D eigenvalue weighted by atomic mass is 16.5. The molecule has 4 aliphatic heterocycles. The minimum absolute atomic E-state index is 0.0482. The second-order valence-electron chi connectivity index (χ2n) is 11.6. The zero-order valence-corrected chi connectivity index (χ0v) is 21.7. The highest BCUT2D eigenvalue weighted by molar-refractivity contribution is 5.95. The van der Waals surface area contributed by atoms with Gasteiger partial charge in [-0.05, 0) is 37.7 Å². The lowest BCUT2D eigenvalue weighted by atomic mass is 10.0. The average Bonchev–Trinajstić information content (AvgIpc) is 3.37. The van der Waals surface area contributed by atoms with Crippen molar-refractivity contribution in [3.05, 3.63) is 34.8 Å². The molecule has 11 nitrogen and oxygen atoms in total. The molecule has 3 saturated heterocycles. The van der Waals surface area contributed by atoms with E-state index < -0.39 is 0 Å². The number of aromatic nitrogens is 4. The Morgan fingerprint density at radius 1 is 0.947 bits per heavy atom. The van der Waals surface area contributed by atoms with Crippen molar-refractivity contribution in [2.45, 2.75) is 44.6 Å². The third-order valence-electron chi connectivity index (χ3n) is 8.85. The third kappa shape index (κ3) is 4.72. The molecule has 1 unspecified atom stereocenters. The lowest BCUT2D eigenvalue weighted by molar-refractivity contribution is 0.0490. The summed E-state index contributed by atoms with van der Waals surface area (Å²) in [6, 6.07) is 3.87. The van der Waals surface area contributed by atoms with Crippen molar-refractivity contribution in [1.29, 1.82) is 0 Å². The van der Waals surface area contributed by atoms with Crippen LogP contribution in [0.5, 0.6) is 5.88 Å². The normalized spacial score (nSPS) is 25.4. The molecule has 1 saturated carbocycles. The SMILES string of the molecule is O=C(c1cc(OCC2CCOCC2)nc(C2CC2)c1)N1CC2CN(C(=O)N3CCc4n[nH]nc4C3)C[C@H]2C1. The van der Waals surface area contributed by atoms with Gasteiger partial charge in [0.15, 0.2) is 0 Å². The Bertz CT molecular complexity index is 1190. The molecule has 7 rings (SSSR count). The molecule has 38 heavy (non-hydrogen) atoms. The van der Waals surface area contributed by atoms with Crippen LogP contribution in [0.15, 0.2) is 12.1 Å². The van der Waals surface area contributed by atoms with Gasteiger partial charge in [0.25, 0.3) is 5.91 Å². The first-order valence-electron chi connectivity index (χ1n) is 14.0. The number of hydrogen-bond acceptors (Lipinski definition) is 7. The first kappa shape index (κ1) is 23.9. The Balaban J connectivity index is 0.980. The van der Waals surface area contributed by atoms with Crippen LogP contribution in [0.1, 0.15) is 59.0 Å². The van der Waals surface area contributed by atoms with Crippen molar-refractivity contribution in [1.82, 2.24) is 35.1 Å². The van der Waals surface area contributed by atoms with Gasteiger partial charge in [0, 0.05) is 87.4 Å². The van der Waals surface area contributed by atoms with Gasteiger partial charge in [-0.15, -0.1) is 0 Å². The number of hydrogen-bond donors (Lipinski definition) is 1. The molecule has 1 aliphatic carbocycles. The lowest BCUT2D eigenvalue weighted by Gasteiger charge is -2.31. The number of H-pyrrole nitrogens is 1. The maximum absolute atomic E-state index is 13.6. The van der Waals surface area contributed by atoms with E-state index in [1.165, 1.54) is 0 Å². The van der Waals surface area contributed by atoms with Crippen LogP contribution in [-0.4, -0.2) is 99.6 Å². The molecule has 4 fully saturated rings. The van der Waals surface area contributed by atoms with Crippen LogP contribution in [0.2, 0.25) is 0 Å². The number of likely N-dealkylation sites (tertiary alicyclic amines) is 2. The van der Waals surface area contributed by atoms with E-state index in [-0.39, 0.29) is 11.9 Å². The number of nitrogens with one attached hydrogen (secondary N) is 1. The maximum atomic E-state index is 13.6. The quantitative estimate of drug-likeness (QED) is 0.640. The summed E-state index contributed by atoms with van der Waals surface area (Å²) in [5.41, 5.74) is 3.47. The summed E-state index contributed by atoms with van der Waals surface area (Å²) in [6.07, 6.45) is 4.98. The van der Waals surface area contributed by atoms with Crippen LogP contribution in [-0.2, 0) is 17.7 Å². The highest BCUT2D eigenvalue weighted by Crippen LogP contribution is 2.40. The van der Waals surface area contributed by atoms with Crippen molar-refractivity contribution in [3.63, 3.8) is 0 Å². The predicted octanol–water partition coefficient (Wildman–Crippen LogP) is 2.06. The molecular weight excluding hydrogens is 486 g/mol. The summed E-state index contributed by atoms with van der Waals surface area (Å²) in [7, 11) is 0. The van der Waals surface area contributed by atoms with E-state index in [4.69, 9.17) is 14.5 Å². The largest absolute Gasteiger partial charge is 0.477 e. The van der Waals surface area contributed by atoms with Gasteiger partial charge in [-0.2, -0.15) is 15.4 Å². The van der Waals surface area contributed by atoms with Gasteiger partial charge < -0.3 is 24.2 Å². The van der Waals surface area contributed by atoms with Crippen LogP contribution in [0, 0.1) is 17.8 Å². The minimum atomic E-state index is 0.0482. The Hall–Kier alpha value is -3.21. The average molecular weight is 522 g/mol. The van der Waals surface area contributed by atoms with Crippen molar-refractivity contribution in [2.24, 2.45) is 17.8 Å². The molecule has 0 spiro atoms. The third-order valence-corrected chi connectivity index (χ3v) is 8.85. The first-order chi connectivity index (χ1) is 18.6. The van der Waals surface area contributed by atoms with Gasteiger partial charge in [-0.1, -0.05) is 0 Å². The van der Waals surface area contributed by atoms with Gasteiger partial charge in [0.2, 0.25) is 5.88 Å². The van der Waals surface area contributed by atoms with Crippen molar-refractivity contribution < 1.29 is 19.1 Å². The molecular formula is C27H35N7O4. The minimum Gasteiger partial charge on any atom is -0.477 e. The van der Waals surface area contributed by atoms with E-state index in [2.05, 4.69) is 15.4 Å². The number of amides is 3. The number of aromatic amines is 1. The van der Waals surface area contributed by atoms with Crippen molar-refractivity contribution in [3.8, 4) is 5.88 Å². The molecule has 0 bridgehead atoms. The van der Waals surface area contributed by atoms with Crippen LogP contribution < -0.4 is 4.74 Å². The number of nitrogens with zero attached hydrogens (tertiary/aromatic N) is 6. The van der Waals surface area contributed by atoms with Gasteiger partial charge in [-0.25, -0.2) is 9.78 Å². The Kier molecular flexibility index (Phi) is 6.18. The fraction of sp³-hybridized carbons (Fsp3) is 0.667. The first-order valence-corrected chi connectivity index (χ1v) is 14.0. The molecule has 0 radical (unpaired) electrons. The Morgan fingerprint density at radius 2 is 1.68 bits per heavy atom. The van der Waals surface area contributed by atoms with E-state index >= 15 is 0 Å². The summed E-state index contributed by atoms with van der Waals surface area (Å²) in [6.45, 7) is 6.11. The second-order valence-corrected chi connectivity index (χ2v) is 11.6. The van der Waals surface area contributed by atoms with E-state index in [0.29, 0.717) is 81.0 Å². The molecule has 2 aromatic heterocycles. The second kappa shape index (κ2) is 9.83. The zero-order chi connectivity index (χ0) is 25.6. The molecule has 2 aromatic rings. The molecule has 1 N–H and O–H groups in total. The summed E-state index contributed by atoms with van der Waals surface area (Å²) in [5.74, 6) is 2.15. The maximum Gasteiger partial charge on any atom is 0.320 e. The van der Waals surface area contributed by atoms with E-state index in [0.717, 1.165) is 62.4 Å². The number of pyridine rings is 1. The molecule has 202 valence electrons. The number of urea groups is 1. The van der Waals surface area contributed by atoms with Gasteiger partial charge in [0.1, 0.15) is 5.69 Å². The summed E-state index contributed by atoms with van der Waals surface area (Å²) < 4.78 is 11.6. The Morgan fingerprint density at radius 3 is 2.45 bits per heavy atom. The number of rotatable bonds is 5.